The molecule has 2 heteroatoms. The highest BCUT2D eigenvalue weighted by molar-refractivity contribution is 5.51. The third kappa shape index (κ3) is 2.19. The number of aromatic hydroxyl groups is 1. The molecule has 0 aliphatic heterocycles. The monoisotopic (exact) mass is 233 g/mol. The van der Waals surface area contributed by atoms with Gasteiger partial charge in [-0.05, 0) is 35.8 Å². The molecule has 0 atom stereocenters. The SMILES string of the molecule is CCc1cc(C(C)(C)C)c(O)c(C2(N)CC2)c1. The molecule has 1 aromatic rings. The summed E-state index contributed by atoms with van der Waals surface area (Å²) >= 11 is 0. The van der Waals surface area contributed by atoms with Crippen molar-refractivity contribution in [2.24, 2.45) is 5.73 Å². The molecule has 0 heterocycles. The van der Waals surface area contributed by atoms with Gasteiger partial charge in [0.05, 0.1) is 0 Å². The summed E-state index contributed by atoms with van der Waals surface area (Å²) in [7, 11) is 0. The van der Waals surface area contributed by atoms with Crippen molar-refractivity contribution >= 4 is 0 Å². The number of phenolic OH excluding ortho intramolecular Hbond substituents is 1. The van der Waals surface area contributed by atoms with Crippen LogP contribution in [0.3, 0.4) is 0 Å². The molecule has 1 aliphatic rings. The first kappa shape index (κ1) is 12.4. The van der Waals surface area contributed by atoms with Gasteiger partial charge in [0.25, 0.3) is 0 Å². The summed E-state index contributed by atoms with van der Waals surface area (Å²) in [6.07, 6.45) is 2.95. The highest BCUT2D eigenvalue weighted by atomic mass is 16.3. The minimum absolute atomic E-state index is 0.0464. The molecule has 0 aromatic heterocycles. The van der Waals surface area contributed by atoms with Crippen LogP contribution < -0.4 is 5.73 Å². The summed E-state index contributed by atoms with van der Waals surface area (Å²) in [6.45, 7) is 8.52. The quantitative estimate of drug-likeness (QED) is 0.824. The Balaban J connectivity index is 2.60. The fraction of sp³-hybridized carbons (Fsp3) is 0.600. The summed E-state index contributed by atoms with van der Waals surface area (Å²) in [5.74, 6) is 0.412. The van der Waals surface area contributed by atoms with E-state index in [2.05, 4.69) is 39.8 Å². The fourth-order valence-electron chi connectivity index (χ4n) is 2.25. The molecule has 0 radical (unpaired) electrons. The molecule has 17 heavy (non-hydrogen) atoms. The smallest absolute Gasteiger partial charge is 0.124 e. The zero-order chi connectivity index (χ0) is 12.8. The van der Waals surface area contributed by atoms with Gasteiger partial charge in [-0.25, -0.2) is 0 Å². The highest BCUT2D eigenvalue weighted by Gasteiger charge is 2.43. The normalized spacial score (nSPS) is 18.2. The Morgan fingerprint density at radius 1 is 1.29 bits per heavy atom. The zero-order valence-corrected chi connectivity index (χ0v) is 11.3. The van der Waals surface area contributed by atoms with E-state index in [1.165, 1.54) is 5.56 Å². The Kier molecular flexibility index (Phi) is 2.74. The molecule has 1 aromatic carbocycles. The van der Waals surface area contributed by atoms with Gasteiger partial charge in [0.15, 0.2) is 0 Å². The van der Waals surface area contributed by atoms with Crippen LogP contribution in [0.4, 0.5) is 0 Å². The average Bonchev–Trinajstić information content (AvgIpc) is 2.96. The molecule has 1 saturated carbocycles. The van der Waals surface area contributed by atoms with Crippen molar-refractivity contribution in [2.75, 3.05) is 0 Å². The average molecular weight is 233 g/mol. The van der Waals surface area contributed by atoms with Crippen molar-refractivity contribution in [2.45, 2.75) is 57.9 Å². The van der Waals surface area contributed by atoms with Gasteiger partial charge >= 0.3 is 0 Å². The second-order valence-corrected chi connectivity index (χ2v) is 6.30. The van der Waals surface area contributed by atoms with Crippen LogP contribution in [0.5, 0.6) is 5.75 Å². The van der Waals surface area contributed by atoms with Crippen molar-refractivity contribution < 1.29 is 5.11 Å². The number of hydrogen-bond donors (Lipinski definition) is 2. The van der Waals surface area contributed by atoms with Gasteiger partial charge in [-0.3, -0.25) is 0 Å². The van der Waals surface area contributed by atoms with Gasteiger partial charge in [-0.15, -0.1) is 0 Å². The lowest BCUT2D eigenvalue weighted by Crippen LogP contribution is -2.21. The van der Waals surface area contributed by atoms with Gasteiger partial charge in [-0.2, -0.15) is 0 Å². The number of hydrogen-bond acceptors (Lipinski definition) is 2. The van der Waals surface area contributed by atoms with Crippen molar-refractivity contribution in [3.05, 3.63) is 28.8 Å². The summed E-state index contributed by atoms with van der Waals surface area (Å²) in [5.41, 5.74) is 9.16. The third-order valence-corrected chi connectivity index (χ3v) is 3.71. The molecular formula is C15H23NO. The van der Waals surface area contributed by atoms with Gasteiger partial charge in [0.2, 0.25) is 0 Å². The van der Waals surface area contributed by atoms with E-state index in [0.717, 1.165) is 30.4 Å². The lowest BCUT2D eigenvalue weighted by atomic mass is 9.82. The van der Waals surface area contributed by atoms with Crippen LogP contribution in [0.1, 0.15) is 57.2 Å². The summed E-state index contributed by atoms with van der Waals surface area (Å²) < 4.78 is 0. The van der Waals surface area contributed by atoms with Crippen LogP contribution in [0.15, 0.2) is 12.1 Å². The van der Waals surface area contributed by atoms with E-state index in [4.69, 9.17) is 5.73 Å². The van der Waals surface area contributed by atoms with Gasteiger partial charge < -0.3 is 10.8 Å². The molecule has 1 fully saturated rings. The number of rotatable bonds is 2. The van der Waals surface area contributed by atoms with Crippen LogP contribution in [-0.2, 0) is 17.4 Å². The van der Waals surface area contributed by atoms with Crippen LogP contribution in [0.25, 0.3) is 0 Å². The maximum atomic E-state index is 10.4. The Morgan fingerprint density at radius 2 is 1.88 bits per heavy atom. The molecule has 0 amide bonds. The fourth-order valence-corrected chi connectivity index (χ4v) is 2.25. The Hall–Kier alpha value is -1.02. The third-order valence-electron chi connectivity index (χ3n) is 3.71. The van der Waals surface area contributed by atoms with Gasteiger partial charge in [0.1, 0.15) is 5.75 Å². The predicted octanol–water partition coefficient (Wildman–Crippen LogP) is 3.20. The number of benzene rings is 1. The van der Waals surface area contributed by atoms with Crippen LogP contribution >= 0.6 is 0 Å². The second kappa shape index (κ2) is 3.74. The molecule has 0 saturated heterocycles. The van der Waals surface area contributed by atoms with E-state index in [-0.39, 0.29) is 11.0 Å². The standard InChI is InChI=1S/C15H23NO/c1-5-10-8-11(14(2,3)4)13(17)12(9-10)15(16)6-7-15/h8-9,17H,5-7,16H2,1-4H3. The predicted molar refractivity (Wildman–Crippen MR) is 71.3 cm³/mol. The van der Waals surface area contributed by atoms with Crippen molar-refractivity contribution in [1.29, 1.82) is 0 Å². The number of nitrogens with two attached hydrogens (primary N) is 1. The molecule has 1 aliphatic carbocycles. The first-order valence-electron chi connectivity index (χ1n) is 6.43. The van der Waals surface area contributed by atoms with Crippen LogP contribution in [0.2, 0.25) is 0 Å². The molecule has 94 valence electrons. The van der Waals surface area contributed by atoms with E-state index in [1.54, 1.807) is 0 Å². The number of aryl methyl sites for hydroxylation is 1. The maximum Gasteiger partial charge on any atom is 0.124 e. The van der Waals surface area contributed by atoms with E-state index in [0.29, 0.717) is 5.75 Å². The van der Waals surface area contributed by atoms with E-state index < -0.39 is 0 Å². The topological polar surface area (TPSA) is 46.2 Å². The first-order valence-corrected chi connectivity index (χ1v) is 6.43. The molecule has 0 spiro atoms. The molecule has 3 N–H and O–H groups in total. The summed E-state index contributed by atoms with van der Waals surface area (Å²) in [4.78, 5) is 0. The minimum Gasteiger partial charge on any atom is -0.507 e. The van der Waals surface area contributed by atoms with E-state index >= 15 is 0 Å². The summed E-state index contributed by atoms with van der Waals surface area (Å²) in [6, 6.07) is 4.20. The maximum absolute atomic E-state index is 10.4. The van der Waals surface area contributed by atoms with E-state index in [9.17, 15) is 5.11 Å². The Bertz CT molecular complexity index is 412. The zero-order valence-electron chi connectivity index (χ0n) is 11.3. The largest absolute Gasteiger partial charge is 0.507 e. The Labute approximate surface area is 104 Å². The van der Waals surface area contributed by atoms with Crippen LogP contribution in [-0.4, -0.2) is 5.11 Å². The summed E-state index contributed by atoms with van der Waals surface area (Å²) in [5, 5.41) is 10.4. The van der Waals surface area contributed by atoms with E-state index in [1.807, 2.05) is 0 Å². The van der Waals surface area contributed by atoms with Gasteiger partial charge in [-0.1, -0.05) is 39.8 Å². The van der Waals surface area contributed by atoms with Crippen LogP contribution in [0, 0.1) is 0 Å². The highest BCUT2D eigenvalue weighted by Crippen LogP contribution is 2.49. The first-order chi connectivity index (χ1) is 7.78. The van der Waals surface area contributed by atoms with Crippen molar-refractivity contribution in [1.82, 2.24) is 0 Å². The minimum atomic E-state index is -0.269. The lowest BCUT2D eigenvalue weighted by Gasteiger charge is -2.25. The molecule has 0 bridgehead atoms. The molecular weight excluding hydrogens is 210 g/mol. The molecule has 0 unspecified atom stereocenters. The van der Waals surface area contributed by atoms with Gasteiger partial charge in [0, 0.05) is 11.1 Å². The Morgan fingerprint density at radius 3 is 2.29 bits per heavy atom. The van der Waals surface area contributed by atoms with Crippen molar-refractivity contribution in [3.63, 3.8) is 0 Å². The number of phenols is 1. The molecule has 2 rings (SSSR count). The molecule has 2 nitrogen and oxygen atoms in total. The second-order valence-electron chi connectivity index (χ2n) is 6.30. The van der Waals surface area contributed by atoms with Crippen molar-refractivity contribution in [3.8, 4) is 5.75 Å². The lowest BCUT2D eigenvalue weighted by molar-refractivity contribution is 0.432.